The first-order chi connectivity index (χ1) is 12.1. The molecule has 2 aromatic rings. The number of nitrogens with zero attached hydrogens (tertiary/aromatic N) is 1. The lowest BCUT2D eigenvalue weighted by molar-refractivity contribution is -0.131. The van der Waals surface area contributed by atoms with Crippen molar-refractivity contribution in [3.8, 4) is 0 Å². The van der Waals surface area contributed by atoms with Gasteiger partial charge in [-0.1, -0.05) is 30.3 Å². The number of hydrogen-bond acceptors (Lipinski definition) is 4. The summed E-state index contributed by atoms with van der Waals surface area (Å²) in [6.45, 7) is 3.46. The topological polar surface area (TPSA) is 88.6 Å². The Morgan fingerprint density at radius 2 is 2.00 bits per heavy atom. The molecule has 2 heterocycles. The lowest BCUT2D eigenvalue weighted by atomic mass is 9.89. The Morgan fingerprint density at radius 1 is 1.27 bits per heavy atom. The van der Waals surface area contributed by atoms with Gasteiger partial charge in [-0.2, -0.15) is 0 Å². The number of hydrogen-bond donors (Lipinski definition) is 2. The summed E-state index contributed by atoms with van der Waals surface area (Å²) in [5.74, 6) is 0.0487. The SMILES string of the molecule is CC(NC(=O)c1ccoc1)C(=O)N1C[C@@H](CN)[C@H](c2ccccc2)C1.Cl. The zero-order chi connectivity index (χ0) is 17.8. The van der Waals surface area contributed by atoms with Crippen LogP contribution in [0.3, 0.4) is 0 Å². The highest BCUT2D eigenvalue weighted by molar-refractivity contribution is 5.97. The van der Waals surface area contributed by atoms with Crippen molar-refractivity contribution in [2.24, 2.45) is 11.7 Å². The van der Waals surface area contributed by atoms with Crippen LogP contribution < -0.4 is 11.1 Å². The monoisotopic (exact) mass is 377 g/mol. The van der Waals surface area contributed by atoms with Crippen LogP contribution in [0.5, 0.6) is 0 Å². The van der Waals surface area contributed by atoms with Crippen LogP contribution in [0.4, 0.5) is 0 Å². The summed E-state index contributed by atoms with van der Waals surface area (Å²) in [7, 11) is 0. The van der Waals surface area contributed by atoms with Gasteiger partial charge in [0.1, 0.15) is 12.3 Å². The molecular formula is C19H24ClN3O3. The number of nitrogens with two attached hydrogens (primary N) is 1. The minimum Gasteiger partial charge on any atom is -0.472 e. The molecule has 3 atom stereocenters. The molecule has 0 aliphatic carbocycles. The fourth-order valence-corrected chi connectivity index (χ4v) is 3.38. The Hall–Kier alpha value is -2.31. The number of nitrogens with one attached hydrogen (secondary N) is 1. The second-order valence-electron chi connectivity index (χ2n) is 6.46. The highest BCUT2D eigenvalue weighted by atomic mass is 35.5. The van der Waals surface area contributed by atoms with Crippen LogP contribution in [0.25, 0.3) is 0 Å². The van der Waals surface area contributed by atoms with E-state index < -0.39 is 6.04 Å². The largest absolute Gasteiger partial charge is 0.472 e. The van der Waals surface area contributed by atoms with Gasteiger partial charge < -0.3 is 20.4 Å². The van der Waals surface area contributed by atoms with E-state index in [2.05, 4.69) is 17.4 Å². The zero-order valence-electron chi connectivity index (χ0n) is 14.6. The summed E-state index contributed by atoms with van der Waals surface area (Å²) in [4.78, 5) is 26.6. The lowest BCUT2D eigenvalue weighted by Crippen LogP contribution is -2.46. The normalized spacial score (nSPS) is 20.3. The average Bonchev–Trinajstić information content (AvgIpc) is 3.31. The van der Waals surface area contributed by atoms with E-state index in [0.717, 1.165) is 0 Å². The van der Waals surface area contributed by atoms with E-state index in [-0.39, 0.29) is 36.1 Å². The number of rotatable bonds is 5. The van der Waals surface area contributed by atoms with E-state index >= 15 is 0 Å². The molecule has 140 valence electrons. The highest BCUT2D eigenvalue weighted by Crippen LogP contribution is 2.32. The third-order valence-corrected chi connectivity index (χ3v) is 4.78. The van der Waals surface area contributed by atoms with Crippen LogP contribution in [-0.2, 0) is 4.79 Å². The molecule has 0 radical (unpaired) electrons. The van der Waals surface area contributed by atoms with Crippen LogP contribution in [0, 0.1) is 5.92 Å². The minimum absolute atomic E-state index is 0. The molecular weight excluding hydrogens is 354 g/mol. The number of furan rings is 1. The molecule has 0 saturated carbocycles. The molecule has 1 aromatic carbocycles. The Labute approximate surface area is 159 Å². The zero-order valence-corrected chi connectivity index (χ0v) is 15.4. The van der Waals surface area contributed by atoms with Crippen molar-refractivity contribution in [2.75, 3.05) is 19.6 Å². The number of likely N-dealkylation sites (tertiary alicyclic amines) is 1. The van der Waals surface area contributed by atoms with Crippen LogP contribution in [0.2, 0.25) is 0 Å². The summed E-state index contributed by atoms with van der Waals surface area (Å²) in [5, 5.41) is 2.73. The molecule has 0 spiro atoms. The molecule has 26 heavy (non-hydrogen) atoms. The first-order valence-electron chi connectivity index (χ1n) is 8.47. The van der Waals surface area contributed by atoms with E-state index in [0.29, 0.717) is 25.2 Å². The summed E-state index contributed by atoms with van der Waals surface area (Å²) in [6.07, 6.45) is 2.79. The van der Waals surface area contributed by atoms with Crippen molar-refractivity contribution in [1.82, 2.24) is 10.2 Å². The van der Waals surface area contributed by atoms with Gasteiger partial charge in [-0.3, -0.25) is 9.59 Å². The molecule has 7 heteroatoms. The van der Waals surface area contributed by atoms with Gasteiger partial charge in [0.25, 0.3) is 5.91 Å². The molecule has 1 aliphatic rings. The Bertz CT molecular complexity index is 721. The van der Waals surface area contributed by atoms with Gasteiger partial charge >= 0.3 is 0 Å². The van der Waals surface area contributed by atoms with E-state index in [1.165, 1.54) is 18.1 Å². The molecule has 1 saturated heterocycles. The Kier molecular flexibility index (Phi) is 6.83. The third-order valence-electron chi connectivity index (χ3n) is 4.78. The van der Waals surface area contributed by atoms with E-state index in [4.69, 9.17) is 10.2 Å². The summed E-state index contributed by atoms with van der Waals surface area (Å²) in [6, 6.07) is 11.1. The van der Waals surface area contributed by atoms with E-state index in [1.807, 2.05) is 18.2 Å². The smallest absolute Gasteiger partial charge is 0.255 e. The van der Waals surface area contributed by atoms with E-state index in [9.17, 15) is 9.59 Å². The molecule has 6 nitrogen and oxygen atoms in total. The first kappa shape index (κ1) is 20.0. The van der Waals surface area contributed by atoms with Crippen LogP contribution in [0.1, 0.15) is 28.8 Å². The maximum absolute atomic E-state index is 12.7. The van der Waals surface area contributed by atoms with Crippen molar-refractivity contribution in [1.29, 1.82) is 0 Å². The lowest BCUT2D eigenvalue weighted by Gasteiger charge is -2.21. The Morgan fingerprint density at radius 3 is 2.62 bits per heavy atom. The molecule has 1 aromatic heterocycles. The van der Waals surface area contributed by atoms with Gasteiger partial charge in [-0.15, -0.1) is 12.4 Å². The quantitative estimate of drug-likeness (QED) is 0.834. The summed E-state index contributed by atoms with van der Waals surface area (Å²) >= 11 is 0. The number of halogens is 1. The van der Waals surface area contributed by atoms with Crippen LogP contribution in [0.15, 0.2) is 53.3 Å². The van der Waals surface area contributed by atoms with Crippen molar-refractivity contribution >= 4 is 24.2 Å². The molecule has 1 fully saturated rings. The predicted molar refractivity (Wildman–Crippen MR) is 101 cm³/mol. The van der Waals surface area contributed by atoms with Gasteiger partial charge in [0.15, 0.2) is 0 Å². The van der Waals surface area contributed by atoms with Crippen LogP contribution >= 0.6 is 12.4 Å². The maximum atomic E-state index is 12.7. The van der Waals surface area contributed by atoms with Gasteiger partial charge in [0.2, 0.25) is 5.91 Å². The van der Waals surface area contributed by atoms with Gasteiger partial charge in [-0.25, -0.2) is 0 Å². The third kappa shape index (κ3) is 4.26. The van der Waals surface area contributed by atoms with Gasteiger partial charge in [-0.05, 0) is 31.0 Å². The molecule has 1 aliphatic heterocycles. The van der Waals surface area contributed by atoms with Gasteiger partial charge in [0.05, 0.1) is 11.8 Å². The van der Waals surface area contributed by atoms with Crippen molar-refractivity contribution < 1.29 is 14.0 Å². The molecule has 2 amide bonds. The number of benzene rings is 1. The molecule has 1 unspecified atom stereocenters. The molecule has 3 N–H and O–H groups in total. The van der Waals surface area contributed by atoms with E-state index in [1.54, 1.807) is 17.9 Å². The summed E-state index contributed by atoms with van der Waals surface area (Å²) in [5.41, 5.74) is 7.53. The maximum Gasteiger partial charge on any atom is 0.255 e. The minimum atomic E-state index is -0.602. The van der Waals surface area contributed by atoms with Crippen molar-refractivity contribution in [3.05, 3.63) is 60.1 Å². The second-order valence-corrected chi connectivity index (χ2v) is 6.46. The average molecular weight is 378 g/mol. The van der Waals surface area contributed by atoms with Crippen molar-refractivity contribution in [3.63, 3.8) is 0 Å². The fourth-order valence-electron chi connectivity index (χ4n) is 3.38. The number of carbonyl (C=O) groups is 2. The fraction of sp³-hybridized carbons (Fsp3) is 0.368. The number of carbonyl (C=O) groups excluding carboxylic acids is 2. The Balaban J connectivity index is 0.00000243. The molecule has 0 bridgehead atoms. The molecule has 3 rings (SSSR count). The predicted octanol–water partition coefficient (Wildman–Crippen LogP) is 2.02. The summed E-state index contributed by atoms with van der Waals surface area (Å²) < 4.78 is 4.90. The van der Waals surface area contributed by atoms with Crippen molar-refractivity contribution in [2.45, 2.75) is 18.9 Å². The first-order valence-corrected chi connectivity index (χ1v) is 8.47. The number of amides is 2. The second kappa shape index (κ2) is 8.87. The van der Waals surface area contributed by atoms with Crippen LogP contribution in [-0.4, -0.2) is 42.4 Å². The standard InChI is InChI=1S/C19H23N3O3.ClH/c1-13(21-18(23)15-7-8-25-12-15)19(24)22-10-16(9-20)17(11-22)14-5-3-2-4-6-14;/h2-8,12-13,16-17H,9-11,20H2,1H3,(H,21,23);1H/t13?,16-,17+;/m1./s1. The highest BCUT2D eigenvalue weighted by Gasteiger charge is 2.36. The van der Waals surface area contributed by atoms with Gasteiger partial charge in [0, 0.05) is 19.0 Å².